The van der Waals surface area contributed by atoms with E-state index in [4.69, 9.17) is 10.5 Å². The number of rotatable bonds is 12. The third-order valence-electron chi connectivity index (χ3n) is 13.7. The minimum Gasteiger partial charge on any atom is -0.461 e. The number of benzene rings is 6. The van der Waals surface area contributed by atoms with Gasteiger partial charge in [-0.05, 0) is 150 Å². The lowest BCUT2D eigenvalue weighted by atomic mass is 9.78. The van der Waals surface area contributed by atoms with E-state index in [0.29, 0.717) is 17.8 Å². The van der Waals surface area contributed by atoms with E-state index in [1.807, 2.05) is 0 Å². The van der Waals surface area contributed by atoms with Gasteiger partial charge in [0.15, 0.2) is 0 Å². The molecule has 3 nitrogen and oxygen atoms in total. The Morgan fingerprint density at radius 2 is 1.60 bits per heavy atom. The second-order valence-corrected chi connectivity index (χ2v) is 17.6. The summed E-state index contributed by atoms with van der Waals surface area (Å²) in [5, 5.41) is 2.50. The van der Waals surface area contributed by atoms with E-state index in [-0.39, 0.29) is 0 Å². The molecule has 0 spiro atoms. The average Bonchev–Trinajstić information content (AvgIpc) is 3.86. The second-order valence-electron chi connectivity index (χ2n) is 17.6. The van der Waals surface area contributed by atoms with Crippen LogP contribution in [-0.4, -0.2) is 4.57 Å². The molecule has 0 radical (unpaired) electrons. The normalized spacial score (nSPS) is 17.4. The molecule has 0 saturated carbocycles. The third-order valence-corrected chi connectivity index (χ3v) is 13.7. The number of hydrogen-bond donors (Lipinski definition) is 1. The fourth-order valence-electron chi connectivity index (χ4n) is 10.2. The molecule has 2 aliphatic carbocycles. The van der Waals surface area contributed by atoms with Gasteiger partial charge in [0, 0.05) is 39.6 Å². The highest BCUT2D eigenvalue weighted by Crippen LogP contribution is 2.48. The van der Waals surface area contributed by atoms with Crippen LogP contribution >= 0.6 is 0 Å². The number of hydrogen-bond acceptors (Lipinski definition) is 2. The molecule has 2 heterocycles. The topological polar surface area (TPSA) is 40.2 Å². The Labute approximate surface area is 367 Å². The van der Waals surface area contributed by atoms with E-state index in [1.165, 1.54) is 71.9 Å². The maximum absolute atomic E-state index is 6.85. The number of allylic oxidation sites excluding steroid dienone is 9. The number of nitrogens with zero attached hydrogens (tertiary/aromatic N) is 1. The maximum Gasteiger partial charge on any atom is 0.130 e. The summed E-state index contributed by atoms with van der Waals surface area (Å²) in [4.78, 5) is 0. The van der Waals surface area contributed by atoms with Crippen molar-refractivity contribution in [1.82, 2.24) is 4.57 Å². The van der Waals surface area contributed by atoms with Gasteiger partial charge in [-0.2, -0.15) is 0 Å². The molecule has 0 amide bonds. The van der Waals surface area contributed by atoms with Gasteiger partial charge in [-0.25, -0.2) is 0 Å². The van der Waals surface area contributed by atoms with Gasteiger partial charge in [-0.15, -0.1) is 0 Å². The quantitative estimate of drug-likeness (QED) is 0.125. The summed E-state index contributed by atoms with van der Waals surface area (Å²) < 4.78 is 8.70. The van der Waals surface area contributed by atoms with Gasteiger partial charge >= 0.3 is 0 Å². The molecule has 1 aromatic heterocycles. The average molecular weight is 809 g/mol. The molecule has 3 unspecified atom stereocenters. The zero-order chi connectivity index (χ0) is 42.2. The zero-order valence-corrected chi connectivity index (χ0v) is 36.3. The predicted molar refractivity (Wildman–Crippen MR) is 262 cm³/mol. The molecule has 7 aromatic rings. The third kappa shape index (κ3) is 7.44. The van der Waals surface area contributed by atoms with Gasteiger partial charge in [-0.3, -0.25) is 0 Å². The summed E-state index contributed by atoms with van der Waals surface area (Å²) in [5.41, 5.74) is 24.2. The van der Waals surface area contributed by atoms with Crippen LogP contribution in [0.25, 0.3) is 55.4 Å². The number of ether oxygens (including phenoxy) is 1. The Morgan fingerprint density at radius 3 is 2.47 bits per heavy atom. The summed E-state index contributed by atoms with van der Waals surface area (Å²) >= 11 is 0. The van der Waals surface area contributed by atoms with E-state index >= 15 is 0 Å². The summed E-state index contributed by atoms with van der Waals surface area (Å²) in [7, 11) is 0. The van der Waals surface area contributed by atoms with Crippen LogP contribution in [0.5, 0.6) is 5.75 Å². The van der Waals surface area contributed by atoms with Crippen molar-refractivity contribution < 1.29 is 4.74 Å². The summed E-state index contributed by atoms with van der Waals surface area (Å²) in [6.07, 6.45) is 23.1. The van der Waals surface area contributed by atoms with Crippen LogP contribution in [0.15, 0.2) is 181 Å². The number of para-hydroxylation sites is 2. The molecule has 62 heavy (non-hydrogen) atoms. The van der Waals surface area contributed by atoms with Gasteiger partial charge < -0.3 is 15.0 Å². The number of aromatic nitrogens is 1. The minimum atomic E-state index is 0.311. The molecule has 0 saturated heterocycles. The smallest absolute Gasteiger partial charge is 0.130 e. The van der Waals surface area contributed by atoms with Crippen molar-refractivity contribution in [2.24, 2.45) is 11.7 Å². The van der Waals surface area contributed by atoms with Crippen molar-refractivity contribution in [3.63, 3.8) is 0 Å². The maximum atomic E-state index is 6.85. The van der Waals surface area contributed by atoms with Gasteiger partial charge in [0.1, 0.15) is 11.5 Å². The highest BCUT2D eigenvalue weighted by Gasteiger charge is 2.33. The molecule has 6 aromatic carbocycles. The fraction of sp³-hybridized carbons (Fsp3) is 0.220. The lowest BCUT2D eigenvalue weighted by Crippen LogP contribution is -2.14. The lowest BCUT2D eigenvalue weighted by Gasteiger charge is -2.26. The van der Waals surface area contributed by atoms with Crippen molar-refractivity contribution in [2.75, 3.05) is 0 Å². The van der Waals surface area contributed by atoms with Gasteiger partial charge in [0.2, 0.25) is 0 Å². The molecule has 308 valence electrons. The van der Waals surface area contributed by atoms with Crippen LogP contribution in [0, 0.1) is 12.8 Å². The van der Waals surface area contributed by atoms with Crippen LogP contribution in [0.1, 0.15) is 92.0 Å². The van der Waals surface area contributed by atoms with Crippen LogP contribution in [0.4, 0.5) is 0 Å². The standard InChI is InChI=1S/C59H56N2O/c1-4-6-8-23-55(60)47-33-46(41-17-9-7-10-18-41)34-48(35-47)61-56-24-15-13-21-50(56)53-37-44(28-30-57(53)61)43-27-26-39(3)52(36-43)49-20-12-11-19-45(49)32-40(5-2)42-29-31-59-54(38-42)51-22-14-16-25-58(51)62-59/h7,9-17,19-31,33-37,40-41,54H,4-6,8,18,32,38,60H2,1-3H3/b55-23-. The molecule has 3 aliphatic rings. The molecule has 1 aliphatic heterocycles. The Kier molecular flexibility index (Phi) is 10.9. The lowest BCUT2D eigenvalue weighted by molar-refractivity contribution is 0.416. The molecule has 2 N–H and O–H groups in total. The van der Waals surface area contributed by atoms with Crippen LogP contribution in [0.2, 0.25) is 0 Å². The van der Waals surface area contributed by atoms with E-state index in [0.717, 1.165) is 73.4 Å². The van der Waals surface area contributed by atoms with Crippen LogP contribution in [0.3, 0.4) is 0 Å². The number of unbranched alkanes of at least 4 members (excludes halogenated alkanes) is 2. The Morgan fingerprint density at radius 1 is 0.790 bits per heavy atom. The molecule has 0 bridgehead atoms. The minimum absolute atomic E-state index is 0.311. The Balaban J connectivity index is 1.01. The Hall–Kier alpha value is -6.58. The first-order valence-electron chi connectivity index (χ1n) is 22.8. The highest BCUT2D eigenvalue weighted by molar-refractivity contribution is 6.10. The first-order chi connectivity index (χ1) is 30.5. The van der Waals surface area contributed by atoms with Gasteiger partial charge in [0.05, 0.1) is 11.0 Å². The van der Waals surface area contributed by atoms with Crippen LogP contribution < -0.4 is 10.5 Å². The van der Waals surface area contributed by atoms with Crippen molar-refractivity contribution >= 4 is 27.5 Å². The summed E-state index contributed by atoms with van der Waals surface area (Å²) in [6, 6.07) is 47.5. The highest BCUT2D eigenvalue weighted by atomic mass is 16.5. The van der Waals surface area contributed by atoms with Gasteiger partial charge in [-0.1, -0.05) is 141 Å². The molecular formula is C59H56N2O. The zero-order valence-electron chi connectivity index (χ0n) is 36.3. The van der Waals surface area contributed by atoms with Crippen molar-refractivity contribution in [1.29, 1.82) is 0 Å². The fourth-order valence-corrected chi connectivity index (χ4v) is 10.2. The van der Waals surface area contributed by atoms with Crippen molar-refractivity contribution in [3.05, 3.63) is 209 Å². The molecule has 3 atom stereocenters. The number of nitrogens with two attached hydrogens (primary N) is 1. The number of aryl methyl sites for hydroxylation is 1. The van der Waals surface area contributed by atoms with E-state index in [2.05, 4.69) is 195 Å². The van der Waals surface area contributed by atoms with Crippen molar-refractivity contribution in [3.8, 4) is 33.7 Å². The monoisotopic (exact) mass is 808 g/mol. The summed E-state index contributed by atoms with van der Waals surface area (Å²) in [5.74, 6) is 3.18. The first-order valence-corrected chi connectivity index (χ1v) is 22.8. The predicted octanol–water partition coefficient (Wildman–Crippen LogP) is 15.5. The molecule has 3 heteroatoms. The largest absolute Gasteiger partial charge is 0.461 e. The molecule has 10 rings (SSSR count). The Bertz CT molecular complexity index is 2990. The molecule has 0 fully saturated rings. The summed E-state index contributed by atoms with van der Waals surface area (Å²) in [6.45, 7) is 6.83. The second kappa shape index (κ2) is 17.1. The van der Waals surface area contributed by atoms with Crippen LogP contribution in [-0.2, 0) is 6.42 Å². The first kappa shape index (κ1) is 39.5. The SMILES string of the molecule is CCCC/C=C(\N)c1cc(C2C=CC=CC2)cc(-n2c3ccccc3c3cc(-c4ccc(C)c(-c5ccccc5CC(CC)C5=CC=C6Oc7ccccc7C6C5)c4)ccc32)c1. The van der Waals surface area contributed by atoms with E-state index in [1.54, 1.807) is 0 Å². The van der Waals surface area contributed by atoms with Gasteiger partial charge in [0.25, 0.3) is 0 Å². The van der Waals surface area contributed by atoms with Crippen molar-refractivity contribution in [2.45, 2.75) is 77.6 Å². The van der Waals surface area contributed by atoms with E-state index < -0.39 is 0 Å². The van der Waals surface area contributed by atoms with E-state index in [9.17, 15) is 0 Å². The molecular weight excluding hydrogens is 753 g/mol. The number of fused-ring (bicyclic) bond motifs is 6.